The summed E-state index contributed by atoms with van der Waals surface area (Å²) in [5.41, 5.74) is 2.83. The lowest BCUT2D eigenvalue weighted by Crippen LogP contribution is -2.38. The van der Waals surface area contributed by atoms with Gasteiger partial charge in [0.15, 0.2) is 4.34 Å². The fourth-order valence-electron chi connectivity index (χ4n) is 3.56. The number of nitrogens with one attached hydrogen (secondary N) is 1. The predicted molar refractivity (Wildman–Crippen MR) is 136 cm³/mol. The number of amides is 2. The average Bonchev–Trinajstić information content (AvgIpc) is 3.51. The molecule has 1 N–H and O–H groups in total. The molecule has 1 aliphatic carbocycles. The Balaban J connectivity index is 1.39. The van der Waals surface area contributed by atoms with Crippen molar-refractivity contribution in [1.82, 2.24) is 10.2 Å². The van der Waals surface area contributed by atoms with Crippen LogP contribution in [-0.2, 0) is 9.59 Å². The lowest BCUT2D eigenvalue weighted by atomic mass is 10.2. The van der Waals surface area contributed by atoms with E-state index in [0.29, 0.717) is 9.47 Å². The highest BCUT2D eigenvalue weighted by atomic mass is 32.2. The van der Waals surface area contributed by atoms with E-state index in [0.717, 1.165) is 29.9 Å². The van der Waals surface area contributed by atoms with Crippen molar-refractivity contribution in [2.24, 2.45) is 0 Å². The van der Waals surface area contributed by atoms with Gasteiger partial charge >= 0.3 is 0 Å². The second kappa shape index (κ2) is 10.4. The van der Waals surface area contributed by atoms with Crippen molar-refractivity contribution >= 4 is 57.1 Å². The summed E-state index contributed by atoms with van der Waals surface area (Å²) in [6, 6.07) is 18.1. The Morgan fingerprint density at radius 1 is 1.06 bits per heavy atom. The maximum atomic E-state index is 13.1. The number of aromatic nitrogens is 2. The summed E-state index contributed by atoms with van der Waals surface area (Å²) >= 11 is 2.72. The zero-order valence-corrected chi connectivity index (χ0v) is 20.5. The number of carbonyl (C=O) groups is 2. The number of benzene rings is 2. The van der Waals surface area contributed by atoms with Crippen LogP contribution in [-0.4, -0.2) is 39.8 Å². The Labute approximate surface area is 202 Å². The Kier molecular flexibility index (Phi) is 7.29. The van der Waals surface area contributed by atoms with Crippen LogP contribution in [0.15, 0.2) is 58.9 Å². The Hall–Kier alpha value is -2.91. The summed E-state index contributed by atoms with van der Waals surface area (Å²) < 4.78 is 0.691. The lowest BCUT2D eigenvalue weighted by molar-refractivity contribution is -0.117. The maximum absolute atomic E-state index is 13.1. The molecule has 0 unspecified atom stereocenters. The third kappa shape index (κ3) is 5.91. The number of carbonyl (C=O) groups excluding carboxylic acids is 2. The third-order valence-electron chi connectivity index (χ3n) is 5.17. The van der Waals surface area contributed by atoms with Gasteiger partial charge in [-0.25, -0.2) is 0 Å². The third-order valence-corrected chi connectivity index (χ3v) is 7.21. The minimum atomic E-state index is -0.0162. The first kappa shape index (κ1) is 23.3. The quantitative estimate of drug-likeness (QED) is 0.329. The van der Waals surface area contributed by atoms with E-state index in [1.807, 2.05) is 68.4 Å². The van der Waals surface area contributed by atoms with Crippen molar-refractivity contribution < 1.29 is 9.59 Å². The maximum Gasteiger partial charge on any atom is 0.237 e. The Morgan fingerprint density at radius 3 is 2.33 bits per heavy atom. The number of thioether (sulfide) groups is 1. The topological polar surface area (TPSA) is 78.4 Å². The van der Waals surface area contributed by atoms with E-state index in [9.17, 15) is 9.59 Å². The molecule has 0 aliphatic heterocycles. The molecule has 0 atom stereocenters. The van der Waals surface area contributed by atoms with Crippen LogP contribution < -0.4 is 15.1 Å². The number of hydrogen-bond acceptors (Lipinski definition) is 7. The molecule has 1 saturated carbocycles. The van der Waals surface area contributed by atoms with Gasteiger partial charge in [-0.15, -0.1) is 10.2 Å². The van der Waals surface area contributed by atoms with E-state index in [1.54, 1.807) is 16.7 Å². The van der Waals surface area contributed by atoms with Crippen LogP contribution in [0, 0.1) is 0 Å². The molecule has 4 rings (SSSR count). The summed E-state index contributed by atoms with van der Waals surface area (Å²) in [5.74, 6) is 0.235. The molecule has 7 nitrogen and oxygen atoms in total. The van der Waals surface area contributed by atoms with Gasteiger partial charge in [0.25, 0.3) is 0 Å². The zero-order chi connectivity index (χ0) is 23.4. The van der Waals surface area contributed by atoms with Gasteiger partial charge in [0.2, 0.25) is 16.9 Å². The first-order chi connectivity index (χ1) is 15.9. The average molecular weight is 482 g/mol. The summed E-state index contributed by atoms with van der Waals surface area (Å²) in [4.78, 5) is 28.5. The number of anilines is 4. The van der Waals surface area contributed by atoms with Gasteiger partial charge < -0.3 is 10.2 Å². The van der Waals surface area contributed by atoms with Crippen molar-refractivity contribution in [1.29, 1.82) is 0 Å². The molecule has 33 heavy (non-hydrogen) atoms. The molecular formula is C24H27N5O2S2. The van der Waals surface area contributed by atoms with Crippen molar-refractivity contribution in [3.63, 3.8) is 0 Å². The highest BCUT2D eigenvalue weighted by Gasteiger charge is 2.34. The van der Waals surface area contributed by atoms with Gasteiger partial charge in [-0.1, -0.05) is 41.3 Å². The molecule has 2 aromatic carbocycles. The number of nitrogens with zero attached hydrogens (tertiary/aromatic N) is 4. The normalized spacial score (nSPS) is 13.1. The summed E-state index contributed by atoms with van der Waals surface area (Å²) in [7, 11) is 0. The van der Waals surface area contributed by atoms with E-state index in [-0.39, 0.29) is 29.7 Å². The van der Waals surface area contributed by atoms with Crippen LogP contribution in [0.5, 0.6) is 0 Å². The monoisotopic (exact) mass is 481 g/mol. The van der Waals surface area contributed by atoms with E-state index in [1.165, 1.54) is 23.1 Å². The van der Waals surface area contributed by atoms with Crippen LogP contribution in [0.3, 0.4) is 0 Å². The van der Waals surface area contributed by atoms with Gasteiger partial charge in [-0.2, -0.15) is 0 Å². The summed E-state index contributed by atoms with van der Waals surface area (Å²) in [6.07, 6.45) is 2.01. The molecule has 1 aliphatic rings. The molecular weight excluding hydrogens is 454 g/mol. The lowest BCUT2D eigenvalue weighted by Gasteiger charge is -2.27. The summed E-state index contributed by atoms with van der Waals surface area (Å²) in [5, 5.41) is 12.3. The van der Waals surface area contributed by atoms with Crippen LogP contribution in [0.25, 0.3) is 0 Å². The van der Waals surface area contributed by atoms with Crippen molar-refractivity contribution in [3.8, 4) is 0 Å². The fourth-order valence-corrected chi connectivity index (χ4v) is 5.37. The van der Waals surface area contributed by atoms with Crippen molar-refractivity contribution in [2.45, 2.75) is 50.0 Å². The number of hydrogen-bond donors (Lipinski definition) is 1. The molecule has 0 saturated heterocycles. The minimum absolute atomic E-state index is 0.00105. The molecule has 1 heterocycles. The first-order valence-electron chi connectivity index (χ1n) is 10.9. The highest BCUT2D eigenvalue weighted by molar-refractivity contribution is 8.01. The molecule has 1 aromatic heterocycles. The fraction of sp³-hybridized carbons (Fsp3) is 0.333. The molecule has 3 aromatic rings. The van der Waals surface area contributed by atoms with E-state index in [4.69, 9.17) is 0 Å². The summed E-state index contributed by atoms with van der Waals surface area (Å²) in [6.45, 7) is 5.56. The highest BCUT2D eigenvalue weighted by Crippen LogP contribution is 2.36. The van der Waals surface area contributed by atoms with Gasteiger partial charge in [0, 0.05) is 36.1 Å². The zero-order valence-electron chi connectivity index (χ0n) is 18.9. The van der Waals surface area contributed by atoms with E-state index < -0.39 is 0 Å². The molecule has 9 heteroatoms. The van der Waals surface area contributed by atoms with Crippen LogP contribution in [0.2, 0.25) is 0 Å². The van der Waals surface area contributed by atoms with Crippen LogP contribution >= 0.6 is 23.1 Å². The van der Waals surface area contributed by atoms with Crippen molar-refractivity contribution in [3.05, 3.63) is 54.6 Å². The van der Waals surface area contributed by atoms with Gasteiger partial charge in [0.1, 0.15) is 0 Å². The molecule has 172 valence electrons. The smallest absolute Gasteiger partial charge is 0.237 e. The Morgan fingerprint density at radius 2 is 1.73 bits per heavy atom. The standard InChI is InChI=1S/C24H27N5O2S2/c1-16(2)28(20-11-9-19(10-12-20)25-18-7-5-4-6-8-18)22(31)15-32-24-27-26-23(33-24)29(17(3)30)21-13-14-21/h4-12,16,21,25H,13-15H2,1-3H3. The van der Waals surface area contributed by atoms with Gasteiger partial charge in [0.05, 0.1) is 5.75 Å². The predicted octanol–water partition coefficient (Wildman–Crippen LogP) is 5.33. The molecule has 0 radical (unpaired) electrons. The number of rotatable bonds is 9. The van der Waals surface area contributed by atoms with Crippen molar-refractivity contribution in [2.75, 3.05) is 20.9 Å². The number of para-hydroxylation sites is 1. The Bertz CT molecular complexity index is 1100. The molecule has 1 fully saturated rings. The minimum Gasteiger partial charge on any atom is -0.356 e. The van der Waals surface area contributed by atoms with Crippen LogP contribution in [0.4, 0.5) is 22.2 Å². The second-order valence-corrected chi connectivity index (χ2v) is 10.3. The van der Waals surface area contributed by atoms with Gasteiger partial charge in [-0.05, 0) is 63.1 Å². The SMILES string of the molecule is CC(=O)N(c1nnc(SCC(=O)N(c2ccc(Nc3ccccc3)cc2)C(C)C)s1)C1CC1. The molecule has 0 spiro atoms. The molecule has 2 amide bonds. The molecule has 0 bridgehead atoms. The largest absolute Gasteiger partial charge is 0.356 e. The second-order valence-electron chi connectivity index (χ2n) is 8.15. The van der Waals surface area contributed by atoms with Crippen LogP contribution in [0.1, 0.15) is 33.6 Å². The van der Waals surface area contributed by atoms with E-state index >= 15 is 0 Å². The first-order valence-corrected chi connectivity index (χ1v) is 12.7. The van der Waals surface area contributed by atoms with Gasteiger partial charge in [-0.3, -0.25) is 14.5 Å². The van der Waals surface area contributed by atoms with E-state index in [2.05, 4.69) is 15.5 Å².